The third kappa shape index (κ3) is 2.65. The topological polar surface area (TPSA) is 79.8 Å². The van der Waals surface area contributed by atoms with E-state index in [0.717, 1.165) is 17.9 Å². The van der Waals surface area contributed by atoms with Crippen LogP contribution in [0.15, 0.2) is 18.2 Å². The highest BCUT2D eigenvalue weighted by molar-refractivity contribution is 5.70. The summed E-state index contributed by atoms with van der Waals surface area (Å²) < 4.78 is 11.2. The molecule has 3 rings (SSSR count). The second-order valence-electron chi connectivity index (χ2n) is 5.29. The molecular formula is C14H18N2O4. The van der Waals surface area contributed by atoms with Crippen LogP contribution < -0.4 is 20.1 Å². The summed E-state index contributed by atoms with van der Waals surface area (Å²) in [5.74, 6) is 0.658. The number of carboxylic acids is 1. The SMILES string of the molecule is O=C(O)CC1(Nc2ccc3c(c2)OCCCO3)CNC1. The lowest BCUT2D eigenvalue weighted by molar-refractivity contribution is -0.138. The quantitative estimate of drug-likeness (QED) is 0.764. The predicted octanol–water partition coefficient (Wildman–Crippen LogP) is 1.08. The maximum Gasteiger partial charge on any atom is 0.305 e. The molecule has 2 aliphatic heterocycles. The average molecular weight is 278 g/mol. The van der Waals surface area contributed by atoms with E-state index in [1.807, 2.05) is 18.2 Å². The number of nitrogens with one attached hydrogen (secondary N) is 2. The van der Waals surface area contributed by atoms with Gasteiger partial charge in [-0.05, 0) is 12.1 Å². The van der Waals surface area contributed by atoms with Gasteiger partial charge in [-0.3, -0.25) is 4.79 Å². The first-order chi connectivity index (χ1) is 9.67. The molecule has 1 saturated heterocycles. The van der Waals surface area contributed by atoms with Crippen molar-refractivity contribution in [2.24, 2.45) is 0 Å². The zero-order valence-electron chi connectivity index (χ0n) is 11.1. The van der Waals surface area contributed by atoms with Crippen molar-refractivity contribution in [3.8, 4) is 11.5 Å². The Kier molecular flexibility index (Phi) is 3.40. The highest BCUT2D eigenvalue weighted by Gasteiger charge is 2.39. The fourth-order valence-corrected chi connectivity index (χ4v) is 2.52. The number of carboxylic acid groups (broad SMARTS) is 1. The van der Waals surface area contributed by atoms with Gasteiger partial charge in [0.25, 0.3) is 0 Å². The lowest BCUT2D eigenvalue weighted by Crippen LogP contribution is -2.65. The molecule has 1 fully saturated rings. The molecule has 2 aliphatic rings. The van der Waals surface area contributed by atoms with Crippen LogP contribution in [-0.4, -0.2) is 42.9 Å². The molecule has 0 spiro atoms. The third-order valence-corrected chi connectivity index (χ3v) is 3.57. The summed E-state index contributed by atoms with van der Waals surface area (Å²) in [6.45, 7) is 2.59. The lowest BCUT2D eigenvalue weighted by atomic mass is 9.88. The van der Waals surface area contributed by atoms with Crippen LogP contribution in [0.5, 0.6) is 11.5 Å². The van der Waals surface area contributed by atoms with Gasteiger partial charge in [0.05, 0.1) is 25.2 Å². The molecule has 0 radical (unpaired) electrons. The number of hydrogen-bond acceptors (Lipinski definition) is 5. The Hall–Kier alpha value is -1.95. The highest BCUT2D eigenvalue weighted by atomic mass is 16.5. The Morgan fingerprint density at radius 1 is 1.30 bits per heavy atom. The molecule has 6 heteroatoms. The van der Waals surface area contributed by atoms with Crippen molar-refractivity contribution in [3.63, 3.8) is 0 Å². The fourth-order valence-electron chi connectivity index (χ4n) is 2.52. The first-order valence-electron chi connectivity index (χ1n) is 6.77. The molecule has 20 heavy (non-hydrogen) atoms. The number of rotatable bonds is 4. The molecule has 0 bridgehead atoms. The van der Waals surface area contributed by atoms with Crippen LogP contribution in [0, 0.1) is 0 Å². The number of carbonyl (C=O) groups is 1. The van der Waals surface area contributed by atoms with Crippen LogP contribution in [0.2, 0.25) is 0 Å². The standard InChI is InChI=1S/C14H18N2O4/c17-13(18)7-14(8-15-9-14)16-10-2-3-11-12(6-10)20-5-1-4-19-11/h2-3,6,15-16H,1,4-5,7-9H2,(H,17,18). The Bertz CT molecular complexity index is 514. The Balaban J connectivity index is 1.77. The zero-order chi connectivity index (χ0) is 14.0. The van der Waals surface area contributed by atoms with Gasteiger partial charge in [-0.1, -0.05) is 0 Å². The molecule has 0 saturated carbocycles. The molecule has 1 aromatic carbocycles. The van der Waals surface area contributed by atoms with Crippen molar-refractivity contribution in [1.82, 2.24) is 5.32 Å². The third-order valence-electron chi connectivity index (χ3n) is 3.57. The van der Waals surface area contributed by atoms with Crippen molar-refractivity contribution >= 4 is 11.7 Å². The lowest BCUT2D eigenvalue weighted by Gasteiger charge is -2.43. The molecule has 108 valence electrons. The van der Waals surface area contributed by atoms with Gasteiger partial charge >= 0.3 is 5.97 Å². The minimum absolute atomic E-state index is 0.0917. The van der Waals surface area contributed by atoms with Gasteiger partial charge in [-0.15, -0.1) is 0 Å². The van der Waals surface area contributed by atoms with Crippen molar-refractivity contribution in [3.05, 3.63) is 18.2 Å². The monoisotopic (exact) mass is 278 g/mol. The first-order valence-corrected chi connectivity index (χ1v) is 6.77. The van der Waals surface area contributed by atoms with Gasteiger partial charge in [0.1, 0.15) is 0 Å². The summed E-state index contributed by atoms with van der Waals surface area (Å²) in [6, 6.07) is 5.64. The number of ether oxygens (including phenoxy) is 2. The van der Waals surface area contributed by atoms with Crippen molar-refractivity contribution < 1.29 is 19.4 Å². The van der Waals surface area contributed by atoms with E-state index in [9.17, 15) is 4.79 Å². The molecule has 0 aromatic heterocycles. The largest absolute Gasteiger partial charge is 0.490 e. The van der Waals surface area contributed by atoms with Crippen molar-refractivity contribution in [2.75, 3.05) is 31.6 Å². The van der Waals surface area contributed by atoms with Gasteiger partial charge < -0.3 is 25.2 Å². The number of aliphatic carboxylic acids is 1. The first kappa shape index (κ1) is 13.1. The minimum Gasteiger partial charge on any atom is -0.490 e. The van der Waals surface area contributed by atoms with Crippen LogP contribution in [0.3, 0.4) is 0 Å². The number of benzene rings is 1. The van der Waals surface area contributed by atoms with E-state index >= 15 is 0 Å². The Morgan fingerprint density at radius 2 is 2.05 bits per heavy atom. The summed E-state index contributed by atoms with van der Waals surface area (Å²) in [5.41, 5.74) is 0.447. The molecule has 3 N–H and O–H groups in total. The molecule has 2 heterocycles. The van der Waals surface area contributed by atoms with Gasteiger partial charge in [0, 0.05) is 31.3 Å². The highest BCUT2D eigenvalue weighted by Crippen LogP contribution is 2.34. The maximum absolute atomic E-state index is 11.0. The molecule has 0 amide bonds. The molecule has 0 atom stereocenters. The summed E-state index contributed by atoms with van der Waals surface area (Å²) in [5, 5.41) is 15.4. The zero-order valence-corrected chi connectivity index (χ0v) is 11.1. The minimum atomic E-state index is -0.798. The molecule has 0 aliphatic carbocycles. The van der Waals surface area contributed by atoms with Crippen LogP contribution in [0.25, 0.3) is 0 Å². The normalized spacial score (nSPS) is 19.6. The van der Waals surface area contributed by atoms with E-state index in [4.69, 9.17) is 14.6 Å². The van der Waals surface area contributed by atoms with E-state index in [1.165, 1.54) is 0 Å². The van der Waals surface area contributed by atoms with Crippen molar-refractivity contribution in [2.45, 2.75) is 18.4 Å². The van der Waals surface area contributed by atoms with E-state index < -0.39 is 11.5 Å². The number of hydrogen-bond donors (Lipinski definition) is 3. The predicted molar refractivity (Wildman–Crippen MR) is 73.5 cm³/mol. The second kappa shape index (κ2) is 5.20. The second-order valence-corrected chi connectivity index (χ2v) is 5.29. The molecule has 6 nitrogen and oxygen atoms in total. The summed E-state index contributed by atoms with van der Waals surface area (Å²) in [7, 11) is 0. The summed E-state index contributed by atoms with van der Waals surface area (Å²) in [4.78, 5) is 11.0. The Labute approximate surface area is 117 Å². The number of anilines is 1. The smallest absolute Gasteiger partial charge is 0.305 e. The fraction of sp³-hybridized carbons (Fsp3) is 0.500. The van der Waals surface area contributed by atoms with Gasteiger partial charge in [0.2, 0.25) is 0 Å². The molecule has 0 unspecified atom stereocenters. The average Bonchev–Trinajstić information content (AvgIpc) is 2.60. The molecular weight excluding hydrogens is 260 g/mol. The molecule has 1 aromatic rings. The Morgan fingerprint density at radius 3 is 2.70 bits per heavy atom. The number of fused-ring (bicyclic) bond motifs is 1. The van der Waals surface area contributed by atoms with Crippen LogP contribution in [0.4, 0.5) is 5.69 Å². The van der Waals surface area contributed by atoms with Crippen LogP contribution in [0.1, 0.15) is 12.8 Å². The maximum atomic E-state index is 11.0. The van der Waals surface area contributed by atoms with Crippen molar-refractivity contribution in [1.29, 1.82) is 0 Å². The van der Waals surface area contributed by atoms with Crippen LogP contribution >= 0.6 is 0 Å². The van der Waals surface area contributed by atoms with E-state index in [1.54, 1.807) is 0 Å². The van der Waals surface area contributed by atoms with Gasteiger partial charge in [0.15, 0.2) is 11.5 Å². The summed E-state index contributed by atoms with van der Waals surface area (Å²) in [6.07, 6.45) is 0.957. The summed E-state index contributed by atoms with van der Waals surface area (Å²) >= 11 is 0. The van der Waals surface area contributed by atoms with Crippen LogP contribution in [-0.2, 0) is 4.79 Å². The van der Waals surface area contributed by atoms with E-state index in [0.29, 0.717) is 32.1 Å². The van der Waals surface area contributed by atoms with E-state index in [2.05, 4.69) is 10.6 Å². The van der Waals surface area contributed by atoms with Gasteiger partial charge in [-0.2, -0.15) is 0 Å². The van der Waals surface area contributed by atoms with Gasteiger partial charge in [-0.25, -0.2) is 0 Å². The van der Waals surface area contributed by atoms with E-state index in [-0.39, 0.29) is 6.42 Å².